The predicted molar refractivity (Wildman–Crippen MR) is 124 cm³/mol. The van der Waals surface area contributed by atoms with E-state index in [0.29, 0.717) is 31.6 Å². The number of aryl methyl sites for hydroxylation is 1. The maximum Gasteiger partial charge on any atom is 0.253 e. The Labute approximate surface area is 189 Å². The highest BCUT2D eigenvalue weighted by atomic mass is 32.2. The van der Waals surface area contributed by atoms with Gasteiger partial charge in [0, 0.05) is 45.0 Å². The molecule has 0 bridgehead atoms. The molecule has 0 aliphatic carbocycles. The van der Waals surface area contributed by atoms with Crippen LogP contribution in [0.1, 0.15) is 34.3 Å². The first kappa shape index (κ1) is 23.7. The van der Waals surface area contributed by atoms with Crippen molar-refractivity contribution in [2.75, 3.05) is 32.5 Å². The van der Waals surface area contributed by atoms with E-state index in [-0.39, 0.29) is 28.8 Å². The van der Waals surface area contributed by atoms with Gasteiger partial charge in [-0.05, 0) is 43.5 Å². The summed E-state index contributed by atoms with van der Waals surface area (Å²) in [6.07, 6.45) is 1.32. The van der Waals surface area contributed by atoms with Gasteiger partial charge in [-0.1, -0.05) is 29.8 Å². The Bertz CT molecular complexity index is 1100. The summed E-state index contributed by atoms with van der Waals surface area (Å²) in [6.45, 7) is 3.23. The number of rotatable bonds is 7. The summed E-state index contributed by atoms with van der Waals surface area (Å²) in [7, 11) is -0.851. The maximum atomic E-state index is 13.2. The summed E-state index contributed by atoms with van der Waals surface area (Å²) in [5.74, 6) is -1.13. The highest BCUT2D eigenvalue weighted by Crippen LogP contribution is 2.25. The number of nitrogens with one attached hydrogen (secondary N) is 1. The number of nitrogens with zero attached hydrogens (tertiary/aromatic N) is 2. The van der Waals surface area contributed by atoms with Crippen LogP contribution in [-0.2, 0) is 21.4 Å². The highest BCUT2D eigenvalue weighted by molar-refractivity contribution is 7.89. The van der Waals surface area contributed by atoms with Crippen molar-refractivity contribution in [1.29, 1.82) is 0 Å². The SMILES string of the molecule is Cc1ccc(CNc2cc(C(=O)N3CCCC(C(N)=O)C3)cc(S(=O)(=O)N(C)C)c2)cc1. The van der Waals surface area contributed by atoms with Crippen LogP contribution in [0.25, 0.3) is 0 Å². The molecule has 1 unspecified atom stereocenters. The fourth-order valence-corrected chi connectivity index (χ4v) is 4.64. The molecular formula is C23H30N4O4S. The molecule has 1 saturated heterocycles. The third-order valence-corrected chi connectivity index (χ3v) is 7.45. The number of carbonyl (C=O) groups is 2. The van der Waals surface area contributed by atoms with Crippen LogP contribution in [0.15, 0.2) is 47.4 Å². The van der Waals surface area contributed by atoms with Gasteiger partial charge in [-0.15, -0.1) is 0 Å². The lowest BCUT2D eigenvalue weighted by atomic mass is 9.97. The summed E-state index contributed by atoms with van der Waals surface area (Å²) in [5.41, 5.74) is 8.40. The van der Waals surface area contributed by atoms with Crippen LogP contribution in [0.5, 0.6) is 0 Å². The zero-order valence-electron chi connectivity index (χ0n) is 18.7. The third-order valence-electron chi connectivity index (χ3n) is 5.66. The quantitative estimate of drug-likeness (QED) is 0.660. The van der Waals surface area contributed by atoms with Gasteiger partial charge in [-0.25, -0.2) is 12.7 Å². The zero-order valence-corrected chi connectivity index (χ0v) is 19.5. The summed E-state index contributed by atoms with van der Waals surface area (Å²) in [4.78, 5) is 26.4. The van der Waals surface area contributed by atoms with E-state index >= 15 is 0 Å². The highest BCUT2D eigenvalue weighted by Gasteiger charge is 2.29. The Kier molecular flexibility index (Phi) is 7.20. The van der Waals surface area contributed by atoms with Crippen LogP contribution in [0.4, 0.5) is 5.69 Å². The van der Waals surface area contributed by atoms with Crippen LogP contribution in [0, 0.1) is 12.8 Å². The molecule has 9 heteroatoms. The number of carbonyl (C=O) groups excluding carboxylic acids is 2. The van der Waals surface area contributed by atoms with Gasteiger partial charge in [0.2, 0.25) is 15.9 Å². The fourth-order valence-electron chi connectivity index (χ4n) is 3.67. The first-order chi connectivity index (χ1) is 15.1. The maximum absolute atomic E-state index is 13.2. The normalized spacial score (nSPS) is 16.8. The number of piperidine rings is 1. The first-order valence-corrected chi connectivity index (χ1v) is 12.0. The van der Waals surface area contributed by atoms with Crippen molar-refractivity contribution in [3.63, 3.8) is 0 Å². The second kappa shape index (κ2) is 9.70. The molecule has 0 spiro atoms. The number of primary amides is 1. The van der Waals surface area contributed by atoms with E-state index in [4.69, 9.17) is 5.73 Å². The minimum absolute atomic E-state index is 0.0308. The molecule has 172 valence electrons. The molecule has 3 N–H and O–H groups in total. The molecule has 1 heterocycles. The van der Waals surface area contributed by atoms with E-state index in [1.807, 2.05) is 31.2 Å². The zero-order chi connectivity index (χ0) is 23.5. The second-order valence-corrected chi connectivity index (χ2v) is 10.5. The lowest BCUT2D eigenvalue weighted by molar-refractivity contribution is -0.123. The van der Waals surface area contributed by atoms with Crippen LogP contribution in [0.3, 0.4) is 0 Å². The van der Waals surface area contributed by atoms with Gasteiger partial charge in [-0.2, -0.15) is 0 Å². The Balaban J connectivity index is 1.92. The number of likely N-dealkylation sites (tertiary alicyclic amines) is 1. The lowest BCUT2D eigenvalue weighted by Gasteiger charge is -2.31. The number of nitrogens with two attached hydrogens (primary N) is 1. The largest absolute Gasteiger partial charge is 0.381 e. The number of anilines is 1. The molecule has 2 aromatic rings. The van der Waals surface area contributed by atoms with E-state index in [1.165, 1.54) is 26.2 Å². The number of benzene rings is 2. The number of hydrogen-bond acceptors (Lipinski definition) is 5. The Morgan fingerprint density at radius 1 is 1.16 bits per heavy atom. The van der Waals surface area contributed by atoms with Crippen LogP contribution in [-0.4, -0.2) is 56.6 Å². The Morgan fingerprint density at radius 3 is 2.47 bits per heavy atom. The molecule has 32 heavy (non-hydrogen) atoms. The summed E-state index contributed by atoms with van der Waals surface area (Å²) in [6, 6.07) is 12.6. The van der Waals surface area contributed by atoms with Crippen LogP contribution in [0.2, 0.25) is 0 Å². The van der Waals surface area contributed by atoms with Gasteiger partial charge in [0.25, 0.3) is 5.91 Å². The van der Waals surface area contributed by atoms with Crippen LogP contribution < -0.4 is 11.1 Å². The molecule has 3 rings (SSSR count). The van der Waals surface area contributed by atoms with Gasteiger partial charge < -0.3 is 16.0 Å². The fraction of sp³-hybridized carbons (Fsp3) is 0.391. The van der Waals surface area contributed by atoms with Crippen molar-refractivity contribution >= 4 is 27.5 Å². The molecule has 1 aliphatic heterocycles. The third kappa shape index (κ3) is 5.46. The topological polar surface area (TPSA) is 113 Å². The molecule has 0 radical (unpaired) electrons. The van der Waals surface area contributed by atoms with Crippen molar-refractivity contribution in [3.8, 4) is 0 Å². The summed E-state index contributed by atoms with van der Waals surface area (Å²) >= 11 is 0. The molecule has 1 aliphatic rings. The molecule has 0 aromatic heterocycles. The predicted octanol–water partition coefficient (Wildman–Crippen LogP) is 2.19. The minimum Gasteiger partial charge on any atom is -0.381 e. The van der Waals surface area contributed by atoms with Crippen molar-refractivity contribution in [1.82, 2.24) is 9.21 Å². The monoisotopic (exact) mass is 458 g/mol. The number of hydrogen-bond donors (Lipinski definition) is 2. The molecule has 1 fully saturated rings. The summed E-state index contributed by atoms with van der Waals surface area (Å²) < 4.78 is 26.7. The minimum atomic E-state index is -3.75. The van der Waals surface area contributed by atoms with Crippen molar-refractivity contribution in [2.24, 2.45) is 11.7 Å². The average Bonchev–Trinajstić information content (AvgIpc) is 2.78. The Hall–Kier alpha value is -2.91. The van der Waals surface area contributed by atoms with Crippen molar-refractivity contribution < 1.29 is 18.0 Å². The van der Waals surface area contributed by atoms with E-state index in [9.17, 15) is 18.0 Å². The molecule has 8 nitrogen and oxygen atoms in total. The number of amides is 2. The summed E-state index contributed by atoms with van der Waals surface area (Å²) in [5, 5.41) is 3.23. The second-order valence-electron chi connectivity index (χ2n) is 8.37. The first-order valence-electron chi connectivity index (χ1n) is 10.5. The van der Waals surface area contributed by atoms with E-state index in [2.05, 4.69) is 5.32 Å². The van der Waals surface area contributed by atoms with Crippen LogP contribution >= 0.6 is 0 Å². The van der Waals surface area contributed by atoms with Gasteiger partial charge in [0.1, 0.15) is 0 Å². The van der Waals surface area contributed by atoms with E-state index in [1.54, 1.807) is 11.0 Å². The van der Waals surface area contributed by atoms with E-state index < -0.39 is 15.9 Å². The lowest BCUT2D eigenvalue weighted by Crippen LogP contribution is -2.44. The molecule has 1 atom stereocenters. The van der Waals surface area contributed by atoms with Crippen molar-refractivity contribution in [2.45, 2.75) is 31.2 Å². The van der Waals surface area contributed by atoms with Gasteiger partial charge >= 0.3 is 0 Å². The standard InChI is InChI=1S/C23H30N4O4S/c1-16-6-8-17(9-7-16)14-25-20-11-19(12-21(13-20)32(30,31)26(2)3)23(29)27-10-4-5-18(15-27)22(24)28/h6-9,11-13,18,25H,4-5,10,14-15H2,1-3H3,(H2,24,28). The van der Waals surface area contributed by atoms with Gasteiger partial charge in [0.05, 0.1) is 10.8 Å². The smallest absolute Gasteiger partial charge is 0.253 e. The van der Waals surface area contributed by atoms with E-state index in [0.717, 1.165) is 15.4 Å². The average molecular weight is 459 g/mol. The molecule has 2 aromatic carbocycles. The molecule has 0 saturated carbocycles. The van der Waals surface area contributed by atoms with Gasteiger partial charge in [-0.3, -0.25) is 9.59 Å². The molecule has 2 amide bonds. The Morgan fingerprint density at radius 2 is 1.84 bits per heavy atom. The molecular weight excluding hydrogens is 428 g/mol. The van der Waals surface area contributed by atoms with Gasteiger partial charge in [0.15, 0.2) is 0 Å². The van der Waals surface area contributed by atoms with Crippen molar-refractivity contribution in [3.05, 3.63) is 59.2 Å². The number of sulfonamides is 1.